The predicted molar refractivity (Wildman–Crippen MR) is 64.1 cm³/mol. The van der Waals surface area contributed by atoms with Gasteiger partial charge in [0.2, 0.25) is 0 Å². The summed E-state index contributed by atoms with van der Waals surface area (Å²) in [6, 6.07) is 0. The van der Waals surface area contributed by atoms with Crippen molar-refractivity contribution in [3.05, 3.63) is 0 Å². The highest BCUT2D eigenvalue weighted by Crippen LogP contribution is 2.16. The van der Waals surface area contributed by atoms with Gasteiger partial charge in [0.15, 0.2) is 0 Å². The number of esters is 1. The second-order valence-corrected chi connectivity index (χ2v) is 4.40. The lowest BCUT2D eigenvalue weighted by molar-refractivity contribution is -0.149. The summed E-state index contributed by atoms with van der Waals surface area (Å²) in [5.74, 6) is -1.08. The maximum Gasteiger partial charge on any atom is 0.315 e. The summed E-state index contributed by atoms with van der Waals surface area (Å²) in [5, 5.41) is 0. The summed E-state index contributed by atoms with van der Waals surface area (Å²) in [5.41, 5.74) is 0. The maximum atomic E-state index is 11.8. The average Bonchev–Trinajstić information content (AvgIpc) is 2.31. The van der Waals surface area contributed by atoms with Gasteiger partial charge in [-0.25, -0.2) is 0 Å². The van der Waals surface area contributed by atoms with Gasteiger partial charge < -0.3 is 4.74 Å². The molecule has 0 fully saturated rings. The molecule has 0 radical (unpaired) electrons. The third-order valence-corrected chi connectivity index (χ3v) is 2.96. The van der Waals surface area contributed by atoms with E-state index in [1.54, 1.807) is 6.92 Å². The summed E-state index contributed by atoms with van der Waals surface area (Å²) in [6.07, 6.45) is 5.52. The molecular formula is C13H24O3. The van der Waals surface area contributed by atoms with Crippen LogP contribution < -0.4 is 0 Å². The Morgan fingerprint density at radius 1 is 1.12 bits per heavy atom. The van der Waals surface area contributed by atoms with Crippen molar-refractivity contribution in [2.45, 2.75) is 52.9 Å². The fourth-order valence-electron chi connectivity index (χ4n) is 1.74. The molecule has 0 aliphatic carbocycles. The van der Waals surface area contributed by atoms with E-state index in [2.05, 4.69) is 11.7 Å². The van der Waals surface area contributed by atoms with E-state index in [0.29, 0.717) is 0 Å². The van der Waals surface area contributed by atoms with E-state index in [9.17, 15) is 9.59 Å². The van der Waals surface area contributed by atoms with Crippen LogP contribution in [0.3, 0.4) is 0 Å². The molecule has 0 unspecified atom stereocenters. The molecule has 0 rings (SSSR count). The number of unbranched alkanes of at least 4 members (excludes halogenated alkanes) is 3. The number of hydrogen-bond acceptors (Lipinski definition) is 3. The third-order valence-electron chi connectivity index (χ3n) is 2.96. The van der Waals surface area contributed by atoms with E-state index in [4.69, 9.17) is 0 Å². The summed E-state index contributed by atoms with van der Waals surface area (Å²) < 4.78 is 4.57. The van der Waals surface area contributed by atoms with Crippen LogP contribution in [0.15, 0.2) is 0 Å². The maximum absolute atomic E-state index is 11.8. The summed E-state index contributed by atoms with van der Waals surface area (Å²) in [7, 11) is 1.32. The van der Waals surface area contributed by atoms with Crippen LogP contribution in [0.4, 0.5) is 0 Å². The number of Topliss-reactive ketones (excluding diaryl/α,β-unsaturated/α-hetero) is 1. The minimum Gasteiger partial charge on any atom is -0.468 e. The second kappa shape index (κ2) is 8.31. The van der Waals surface area contributed by atoms with E-state index in [1.165, 1.54) is 26.4 Å². The van der Waals surface area contributed by atoms with E-state index in [0.717, 1.165) is 12.8 Å². The van der Waals surface area contributed by atoms with Gasteiger partial charge in [0.05, 0.1) is 7.11 Å². The van der Waals surface area contributed by atoms with Gasteiger partial charge in [-0.05, 0) is 13.3 Å². The Morgan fingerprint density at radius 3 is 2.25 bits per heavy atom. The van der Waals surface area contributed by atoms with Crippen molar-refractivity contribution in [2.75, 3.05) is 7.11 Å². The molecule has 0 bridgehead atoms. The summed E-state index contributed by atoms with van der Waals surface area (Å²) in [4.78, 5) is 23.0. The van der Waals surface area contributed by atoms with Crippen LogP contribution in [0.2, 0.25) is 0 Å². The largest absolute Gasteiger partial charge is 0.468 e. The highest BCUT2D eigenvalue weighted by Gasteiger charge is 2.26. The first-order valence-corrected chi connectivity index (χ1v) is 6.16. The number of ketones is 1. The number of hydrogen-bond donors (Lipinski definition) is 0. The Kier molecular flexibility index (Phi) is 7.86. The van der Waals surface area contributed by atoms with Crippen LogP contribution >= 0.6 is 0 Å². The molecule has 0 saturated carbocycles. The normalized spacial score (nSPS) is 14.2. The zero-order chi connectivity index (χ0) is 12.6. The zero-order valence-corrected chi connectivity index (χ0v) is 10.9. The Morgan fingerprint density at radius 2 is 1.75 bits per heavy atom. The molecule has 0 amide bonds. The van der Waals surface area contributed by atoms with Crippen LogP contribution in [0.1, 0.15) is 52.9 Å². The van der Waals surface area contributed by atoms with Gasteiger partial charge in [0.1, 0.15) is 11.7 Å². The average molecular weight is 228 g/mol. The number of carbonyl (C=O) groups is 2. The number of rotatable bonds is 8. The molecule has 0 N–H and O–H groups in total. The van der Waals surface area contributed by atoms with Crippen LogP contribution in [-0.2, 0) is 14.3 Å². The summed E-state index contributed by atoms with van der Waals surface area (Å²) >= 11 is 0. The molecule has 0 aromatic rings. The molecular weight excluding hydrogens is 204 g/mol. The predicted octanol–water partition coefficient (Wildman–Crippen LogP) is 2.97. The Bertz CT molecular complexity index is 223. The van der Waals surface area contributed by atoms with Gasteiger partial charge in [-0.2, -0.15) is 0 Å². The minimum atomic E-state index is -0.619. The SMILES string of the molecule is CCCCCC[C@H](C)C(=O)[C@H](C)C(=O)OC. The van der Waals surface area contributed by atoms with Gasteiger partial charge in [-0.1, -0.05) is 39.5 Å². The number of ether oxygens (including phenoxy) is 1. The third kappa shape index (κ3) is 5.29. The van der Waals surface area contributed by atoms with E-state index < -0.39 is 11.9 Å². The topological polar surface area (TPSA) is 43.4 Å². The Balaban J connectivity index is 3.93. The molecule has 0 aliphatic heterocycles. The monoisotopic (exact) mass is 228 g/mol. The molecule has 0 heterocycles. The fraction of sp³-hybridized carbons (Fsp3) is 0.846. The van der Waals surface area contributed by atoms with E-state index >= 15 is 0 Å². The first-order valence-electron chi connectivity index (χ1n) is 6.16. The zero-order valence-electron chi connectivity index (χ0n) is 10.9. The van der Waals surface area contributed by atoms with Crippen LogP contribution in [0.25, 0.3) is 0 Å². The van der Waals surface area contributed by atoms with Crippen LogP contribution in [0, 0.1) is 11.8 Å². The molecule has 94 valence electrons. The highest BCUT2D eigenvalue weighted by molar-refractivity contribution is 5.99. The number of methoxy groups -OCH3 is 1. The Labute approximate surface area is 98.6 Å². The van der Waals surface area contributed by atoms with Crippen molar-refractivity contribution in [1.82, 2.24) is 0 Å². The number of carbonyl (C=O) groups excluding carboxylic acids is 2. The minimum absolute atomic E-state index is 0.00310. The summed E-state index contributed by atoms with van der Waals surface area (Å²) in [6.45, 7) is 5.68. The van der Waals surface area contributed by atoms with Crippen molar-refractivity contribution in [2.24, 2.45) is 11.8 Å². The molecule has 3 heteroatoms. The molecule has 0 spiro atoms. The molecule has 16 heavy (non-hydrogen) atoms. The van der Waals surface area contributed by atoms with Gasteiger partial charge in [0.25, 0.3) is 0 Å². The molecule has 0 aromatic heterocycles. The van der Waals surface area contributed by atoms with Gasteiger partial charge >= 0.3 is 5.97 Å². The van der Waals surface area contributed by atoms with Crippen LogP contribution in [0.5, 0.6) is 0 Å². The highest BCUT2D eigenvalue weighted by atomic mass is 16.5. The first kappa shape index (κ1) is 15.1. The lowest BCUT2D eigenvalue weighted by Gasteiger charge is -2.14. The van der Waals surface area contributed by atoms with Crippen molar-refractivity contribution in [1.29, 1.82) is 0 Å². The first-order chi connectivity index (χ1) is 7.54. The van der Waals surface area contributed by atoms with Crippen molar-refractivity contribution < 1.29 is 14.3 Å². The molecule has 0 aromatic carbocycles. The standard InChI is InChI=1S/C13H24O3/c1-5-6-7-8-9-10(2)12(14)11(3)13(15)16-4/h10-11H,5-9H2,1-4H3/t10-,11-/m0/s1. The molecule has 0 aliphatic rings. The Hall–Kier alpha value is -0.860. The van der Waals surface area contributed by atoms with Crippen LogP contribution in [-0.4, -0.2) is 18.9 Å². The van der Waals surface area contributed by atoms with Crippen molar-refractivity contribution in [3.8, 4) is 0 Å². The molecule has 2 atom stereocenters. The fourth-order valence-corrected chi connectivity index (χ4v) is 1.74. The van der Waals surface area contributed by atoms with Crippen molar-refractivity contribution >= 4 is 11.8 Å². The van der Waals surface area contributed by atoms with Gasteiger partial charge in [0, 0.05) is 5.92 Å². The quantitative estimate of drug-likeness (QED) is 0.364. The lowest BCUT2D eigenvalue weighted by Crippen LogP contribution is -2.27. The second-order valence-electron chi connectivity index (χ2n) is 4.40. The van der Waals surface area contributed by atoms with Crippen molar-refractivity contribution in [3.63, 3.8) is 0 Å². The van der Waals surface area contributed by atoms with E-state index in [1.807, 2.05) is 6.92 Å². The smallest absolute Gasteiger partial charge is 0.315 e. The van der Waals surface area contributed by atoms with E-state index in [-0.39, 0.29) is 11.7 Å². The van der Waals surface area contributed by atoms with Gasteiger partial charge in [-0.15, -0.1) is 0 Å². The molecule has 3 nitrogen and oxygen atoms in total. The lowest BCUT2D eigenvalue weighted by atomic mass is 9.91. The van der Waals surface area contributed by atoms with Gasteiger partial charge in [-0.3, -0.25) is 9.59 Å². The molecule has 0 saturated heterocycles.